The van der Waals surface area contributed by atoms with Crippen molar-refractivity contribution in [1.82, 2.24) is 0 Å². The molecular weight excluding hydrogens is 386 g/mol. The Kier molecular flexibility index (Phi) is 5.27. The van der Waals surface area contributed by atoms with Gasteiger partial charge in [0.1, 0.15) is 11.3 Å². The van der Waals surface area contributed by atoms with E-state index in [2.05, 4.69) is 5.32 Å². The van der Waals surface area contributed by atoms with Gasteiger partial charge in [-0.25, -0.2) is 9.59 Å². The minimum atomic E-state index is -1.14. The predicted molar refractivity (Wildman–Crippen MR) is 106 cm³/mol. The first-order valence-corrected chi connectivity index (χ1v) is 9.76. The number of hydrogen-bond acceptors (Lipinski definition) is 7. The average molecular weight is 406 g/mol. The normalized spacial score (nSPS) is 21.2. The summed E-state index contributed by atoms with van der Waals surface area (Å²) in [6.07, 6.45) is 4.53. The molecule has 3 atom stereocenters. The van der Waals surface area contributed by atoms with E-state index in [0.29, 0.717) is 17.7 Å². The smallest absolute Gasteiger partial charge is 0.343 e. The molecule has 2 aromatic carbocycles. The average Bonchev–Trinajstić information content (AvgIpc) is 3.23. The molecule has 1 aliphatic heterocycles. The van der Waals surface area contributed by atoms with Crippen molar-refractivity contribution in [2.75, 3.05) is 11.9 Å². The molecule has 2 aliphatic rings. The van der Waals surface area contributed by atoms with Crippen molar-refractivity contribution in [1.29, 1.82) is 0 Å². The maximum Gasteiger partial charge on any atom is 0.343 e. The number of benzene rings is 2. The van der Waals surface area contributed by atoms with E-state index < -0.39 is 23.9 Å². The molecule has 0 unspecified atom stereocenters. The van der Waals surface area contributed by atoms with Gasteiger partial charge < -0.3 is 24.7 Å². The second-order valence-corrected chi connectivity index (χ2v) is 7.20. The lowest BCUT2D eigenvalue weighted by Crippen LogP contribution is -2.48. The monoisotopic (exact) mass is 406 g/mol. The van der Waals surface area contributed by atoms with Gasteiger partial charge in [-0.15, -0.1) is 0 Å². The van der Waals surface area contributed by atoms with Gasteiger partial charge in [0.25, 0.3) is 0 Å². The number of allylic oxidation sites excluding steroid dienone is 2. The Morgan fingerprint density at radius 3 is 2.70 bits per heavy atom. The van der Waals surface area contributed by atoms with Gasteiger partial charge in [-0.3, -0.25) is 0 Å². The Morgan fingerprint density at radius 1 is 1.13 bits per heavy atom. The number of para-hydroxylation sites is 1. The second-order valence-electron chi connectivity index (χ2n) is 7.20. The van der Waals surface area contributed by atoms with Crippen LogP contribution in [0.3, 0.4) is 0 Å². The van der Waals surface area contributed by atoms with Gasteiger partial charge in [-0.2, -0.15) is 0 Å². The van der Waals surface area contributed by atoms with E-state index in [9.17, 15) is 19.5 Å². The summed E-state index contributed by atoms with van der Waals surface area (Å²) in [4.78, 5) is 36.4. The van der Waals surface area contributed by atoms with Crippen LogP contribution in [0.4, 0.5) is 5.69 Å². The van der Waals surface area contributed by atoms with Crippen LogP contribution >= 0.6 is 0 Å². The molecule has 1 heterocycles. The minimum absolute atomic E-state index is 0.118. The molecule has 0 spiro atoms. The highest BCUT2D eigenvalue weighted by atomic mass is 16.5. The third-order valence-corrected chi connectivity index (χ3v) is 5.44. The maximum atomic E-state index is 12.8. The number of carboxylic acids is 1. The highest BCUT2D eigenvalue weighted by molar-refractivity contribution is 5.96. The van der Waals surface area contributed by atoms with Gasteiger partial charge >= 0.3 is 11.9 Å². The van der Waals surface area contributed by atoms with E-state index in [1.807, 2.05) is 12.2 Å². The molecular formula is C23H20NO6-. The molecule has 0 saturated heterocycles. The summed E-state index contributed by atoms with van der Waals surface area (Å²) in [5.41, 5.74) is 1.96. The number of carbonyl (C=O) groups is 3. The number of hydrogen-bond donors (Lipinski definition) is 1. The first kappa shape index (κ1) is 19.7. The zero-order chi connectivity index (χ0) is 21.3. The number of rotatable bonds is 5. The van der Waals surface area contributed by atoms with E-state index >= 15 is 0 Å². The fourth-order valence-electron chi connectivity index (χ4n) is 4.05. The number of fused-ring (bicyclic) bond motifs is 3. The summed E-state index contributed by atoms with van der Waals surface area (Å²) < 4.78 is 10.5. The molecule has 0 fully saturated rings. The first-order valence-electron chi connectivity index (χ1n) is 9.76. The van der Waals surface area contributed by atoms with Crippen LogP contribution < -0.4 is 15.2 Å². The quantitative estimate of drug-likeness (QED) is 0.461. The molecule has 154 valence electrons. The summed E-state index contributed by atoms with van der Waals surface area (Å²) in [5, 5.41) is 14.5. The Balaban J connectivity index is 1.61. The molecule has 30 heavy (non-hydrogen) atoms. The lowest BCUT2D eigenvalue weighted by Gasteiger charge is -2.37. The summed E-state index contributed by atoms with van der Waals surface area (Å²) in [7, 11) is 0. The van der Waals surface area contributed by atoms with Gasteiger partial charge in [-0.05, 0) is 55.2 Å². The standard InChI is InChI=1S/C23H21NO6/c1-2-29-23(28)16-6-3-4-9-19(16)30-22(27)13-10-11-18-17(12-13)14-7-5-8-15(14)20(24-18)21(25)26/h3-7,9-12,14-15,20,24H,2,8H2,1H3,(H,25,26)/p-1/t14-,15-,20+/m0/s1. The van der Waals surface area contributed by atoms with Gasteiger partial charge in [0.15, 0.2) is 0 Å². The molecule has 0 aromatic heterocycles. The van der Waals surface area contributed by atoms with Crippen LogP contribution in [0.5, 0.6) is 5.75 Å². The summed E-state index contributed by atoms with van der Waals surface area (Å²) >= 11 is 0. The van der Waals surface area contributed by atoms with Crippen molar-refractivity contribution in [3.63, 3.8) is 0 Å². The molecule has 7 heteroatoms. The van der Waals surface area contributed by atoms with Gasteiger partial charge in [-0.1, -0.05) is 24.3 Å². The van der Waals surface area contributed by atoms with E-state index in [1.165, 1.54) is 12.1 Å². The Hall–Kier alpha value is -3.61. The number of carbonyl (C=O) groups excluding carboxylic acids is 3. The van der Waals surface area contributed by atoms with Crippen LogP contribution in [-0.4, -0.2) is 30.6 Å². The van der Waals surface area contributed by atoms with Gasteiger partial charge in [0.05, 0.1) is 24.2 Å². The Morgan fingerprint density at radius 2 is 1.93 bits per heavy atom. The SMILES string of the molecule is CCOC(=O)c1ccccc1OC(=O)c1ccc2c(c1)[C@H]1C=CC[C@@H]1[C@H](C(=O)[O-])N2. The van der Waals surface area contributed by atoms with Crippen molar-refractivity contribution in [2.24, 2.45) is 5.92 Å². The lowest BCUT2D eigenvalue weighted by atomic mass is 9.79. The van der Waals surface area contributed by atoms with Crippen LogP contribution in [0, 0.1) is 5.92 Å². The van der Waals surface area contributed by atoms with E-state index in [0.717, 1.165) is 5.56 Å². The third kappa shape index (κ3) is 3.54. The topological polar surface area (TPSA) is 105 Å². The molecule has 7 nitrogen and oxygen atoms in total. The fourth-order valence-corrected chi connectivity index (χ4v) is 4.05. The van der Waals surface area contributed by atoms with Crippen molar-refractivity contribution < 1.29 is 29.0 Å². The number of aliphatic carboxylic acids is 1. The third-order valence-electron chi connectivity index (χ3n) is 5.44. The highest BCUT2D eigenvalue weighted by Gasteiger charge is 2.38. The van der Waals surface area contributed by atoms with E-state index in [-0.39, 0.29) is 29.8 Å². The number of ether oxygens (including phenoxy) is 2. The number of esters is 2. The summed E-state index contributed by atoms with van der Waals surface area (Å²) in [6, 6.07) is 10.5. The van der Waals surface area contributed by atoms with Crippen LogP contribution in [-0.2, 0) is 9.53 Å². The van der Waals surface area contributed by atoms with Crippen molar-refractivity contribution in [2.45, 2.75) is 25.3 Å². The predicted octanol–water partition coefficient (Wildman–Crippen LogP) is 2.29. The molecule has 0 bridgehead atoms. The van der Waals surface area contributed by atoms with Crippen LogP contribution in [0.2, 0.25) is 0 Å². The van der Waals surface area contributed by atoms with Crippen molar-refractivity contribution in [3.05, 3.63) is 71.3 Å². The lowest BCUT2D eigenvalue weighted by molar-refractivity contribution is -0.308. The molecule has 0 saturated carbocycles. The minimum Gasteiger partial charge on any atom is -0.548 e. The largest absolute Gasteiger partial charge is 0.548 e. The highest BCUT2D eigenvalue weighted by Crippen LogP contribution is 2.44. The summed E-state index contributed by atoms with van der Waals surface area (Å²) in [6.45, 7) is 1.91. The van der Waals surface area contributed by atoms with Crippen LogP contribution in [0.15, 0.2) is 54.6 Å². The fraction of sp³-hybridized carbons (Fsp3) is 0.261. The number of carboxylic acid groups (broad SMARTS) is 1. The Labute approximate surface area is 173 Å². The Bertz CT molecular complexity index is 1040. The summed E-state index contributed by atoms with van der Waals surface area (Å²) in [5.74, 6) is -2.49. The zero-order valence-corrected chi connectivity index (χ0v) is 16.3. The van der Waals surface area contributed by atoms with Crippen LogP contribution in [0.1, 0.15) is 45.5 Å². The van der Waals surface area contributed by atoms with Crippen molar-refractivity contribution in [3.8, 4) is 5.75 Å². The van der Waals surface area contributed by atoms with E-state index in [1.54, 1.807) is 37.3 Å². The zero-order valence-electron chi connectivity index (χ0n) is 16.3. The maximum absolute atomic E-state index is 12.8. The molecule has 4 rings (SSSR count). The molecule has 1 N–H and O–H groups in total. The van der Waals surface area contributed by atoms with Crippen LogP contribution in [0.25, 0.3) is 0 Å². The van der Waals surface area contributed by atoms with Crippen molar-refractivity contribution >= 4 is 23.6 Å². The second kappa shape index (κ2) is 8.02. The first-order chi connectivity index (χ1) is 14.5. The number of anilines is 1. The molecule has 0 amide bonds. The van der Waals surface area contributed by atoms with Gasteiger partial charge in [0.2, 0.25) is 0 Å². The molecule has 0 radical (unpaired) electrons. The van der Waals surface area contributed by atoms with E-state index in [4.69, 9.17) is 9.47 Å². The molecule has 2 aromatic rings. The molecule has 1 aliphatic carbocycles. The van der Waals surface area contributed by atoms with Gasteiger partial charge in [0, 0.05) is 11.6 Å². The number of nitrogens with one attached hydrogen (secondary N) is 1.